The predicted octanol–water partition coefficient (Wildman–Crippen LogP) is 5.51. The summed E-state index contributed by atoms with van der Waals surface area (Å²) < 4.78 is 0. The van der Waals surface area contributed by atoms with Gasteiger partial charge in [0.25, 0.3) is 11.8 Å². The highest BCUT2D eigenvalue weighted by Gasteiger charge is 2.50. The van der Waals surface area contributed by atoms with Crippen LogP contribution in [0.25, 0.3) is 0 Å². The van der Waals surface area contributed by atoms with Crippen molar-refractivity contribution in [1.82, 2.24) is 19.6 Å². The summed E-state index contributed by atoms with van der Waals surface area (Å²) in [6, 6.07) is 8.96. The number of carbonyl (C=O) groups excluding carboxylic acids is 2. The van der Waals surface area contributed by atoms with E-state index in [1.807, 2.05) is 17.0 Å². The van der Waals surface area contributed by atoms with Gasteiger partial charge < -0.3 is 14.9 Å². The maximum Gasteiger partial charge on any atom is 0.254 e. The van der Waals surface area contributed by atoms with Crippen LogP contribution in [0, 0.1) is 0 Å². The lowest BCUT2D eigenvalue weighted by atomic mass is 9.79. The van der Waals surface area contributed by atoms with Crippen molar-refractivity contribution in [3.63, 3.8) is 0 Å². The van der Waals surface area contributed by atoms with Gasteiger partial charge in [-0.15, -0.1) is 11.6 Å². The number of rotatable bonds is 4. The van der Waals surface area contributed by atoms with E-state index in [2.05, 4.69) is 21.9 Å². The molecule has 226 valence electrons. The Morgan fingerprint density at radius 1 is 0.732 bits per heavy atom. The average Bonchev–Trinajstić information content (AvgIpc) is 3.30. The number of hydrogen-bond donors (Lipinski definition) is 1. The van der Waals surface area contributed by atoms with E-state index >= 15 is 0 Å². The number of carbonyl (C=O) groups is 2. The quantitative estimate of drug-likeness (QED) is 0.373. The average molecular weight is 585 g/mol. The van der Waals surface area contributed by atoms with Crippen molar-refractivity contribution in [1.29, 1.82) is 0 Å². The Hall–Kier alpha value is -1.67. The van der Waals surface area contributed by atoms with Crippen LogP contribution >= 0.6 is 11.6 Å². The van der Waals surface area contributed by atoms with Crippen LogP contribution in [0.15, 0.2) is 24.3 Å². The minimum absolute atomic E-state index is 0.0152. The zero-order valence-corrected chi connectivity index (χ0v) is 25.4. The maximum absolute atomic E-state index is 13.4. The highest BCUT2D eigenvalue weighted by Crippen LogP contribution is 2.46. The molecule has 8 heteroatoms. The molecular formula is C33H49ClN4O3. The largest absolute Gasteiger partial charge is 0.380 e. The molecule has 0 aromatic heterocycles. The molecular weight excluding hydrogens is 536 g/mol. The fourth-order valence-corrected chi connectivity index (χ4v) is 8.58. The Balaban J connectivity index is 1.15. The lowest BCUT2D eigenvalue weighted by Crippen LogP contribution is -2.58. The van der Waals surface area contributed by atoms with Crippen LogP contribution in [-0.2, 0) is 4.79 Å². The first kappa shape index (κ1) is 29.4. The molecule has 3 atom stereocenters. The van der Waals surface area contributed by atoms with Crippen molar-refractivity contribution in [2.24, 2.45) is 0 Å². The zero-order valence-electron chi connectivity index (χ0n) is 24.7. The summed E-state index contributed by atoms with van der Waals surface area (Å²) in [6.45, 7) is 3.03. The zero-order chi connectivity index (χ0) is 28.4. The normalized spacial score (nSPS) is 30.4. The van der Waals surface area contributed by atoms with Gasteiger partial charge >= 0.3 is 0 Å². The SMILES string of the molecule is O=C(c1ccc(C2C(Cl)N3CCCCC3N2C2CCCCCCCCC2)cc1)N1CCN(C(=O)C2(O)CCC2)CC1. The standard InChI is InChI=1S/C33H49ClN4O3/c34-30-29(38(28-13-8-9-20-37(28)30)27-11-6-4-2-1-3-5-7-12-27)25-14-16-26(17-15-25)31(39)35-21-23-36(24-22-35)32(40)33(41)18-10-19-33/h14-17,27-30,41H,1-13,18-24H2. The molecule has 7 nitrogen and oxygen atoms in total. The first-order valence-corrected chi connectivity index (χ1v) is 17.0. The molecule has 3 aliphatic heterocycles. The van der Waals surface area contributed by atoms with E-state index < -0.39 is 5.60 Å². The molecule has 0 radical (unpaired) electrons. The molecule has 1 N–H and O–H groups in total. The molecule has 0 bridgehead atoms. The van der Waals surface area contributed by atoms with Crippen LogP contribution in [0.3, 0.4) is 0 Å². The number of nitrogens with zero attached hydrogens (tertiary/aromatic N) is 4. The summed E-state index contributed by atoms with van der Waals surface area (Å²) in [7, 11) is 0. The summed E-state index contributed by atoms with van der Waals surface area (Å²) in [5.74, 6) is -0.148. The van der Waals surface area contributed by atoms with Gasteiger partial charge in [-0.1, -0.05) is 57.1 Å². The van der Waals surface area contributed by atoms with E-state index in [-0.39, 0.29) is 23.4 Å². The summed E-state index contributed by atoms with van der Waals surface area (Å²) in [6.07, 6.45) is 18.0. The molecule has 5 fully saturated rings. The summed E-state index contributed by atoms with van der Waals surface area (Å²) in [5, 5.41) is 10.5. The lowest BCUT2D eigenvalue weighted by Gasteiger charge is -2.42. The predicted molar refractivity (Wildman–Crippen MR) is 162 cm³/mol. The molecule has 41 heavy (non-hydrogen) atoms. The second kappa shape index (κ2) is 12.9. The second-order valence-electron chi connectivity index (χ2n) is 13.3. The summed E-state index contributed by atoms with van der Waals surface area (Å²) >= 11 is 7.30. The Kier molecular flexibility index (Phi) is 9.26. The number of fused-ring (bicyclic) bond motifs is 1. The van der Waals surface area contributed by atoms with Crippen LogP contribution in [0.1, 0.15) is 118 Å². The molecule has 2 amide bonds. The van der Waals surface area contributed by atoms with Crippen molar-refractivity contribution < 1.29 is 14.7 Å². The van der Waals surface area contributed by atoms with Gasteiger partial charge in [0.05, 0.1) is 12.2 Å². The molecule has 3 saturated heterocycles. The fourth-order valence-electron chi connectivity index (χ4n) is 8.08. The van der Waals surface area contributed by atoms with Crippen molar-refractivity contribution in [2.75, 3.05) is 32.7 Å². The van der Waals surface area contributed by atoms with Gasteiger partial charge in [-0.05, 0) is 69.1 Å². The van der Waals surface area contributed by atoms with Crippen molar-refractivity contribution in [3.05, 3.63) is 35.4 Å². The highest BCUT2D eigenvalue weighted by atomic mass is 35.5. The van der Waals surface area contributed by atoms with Gasteiger partial charge in [-0.2, -0.15) is 0 Å². The van der Waals surface area contributed by atoms with Gasteiger partial charge in [0.1, 0.15) is 11.1 Å². The summed E-state index contributed by atoms with van der Waals surface area (Å²) in [4.78, 5) is 35.0. The van der Waals surface area contributed by atoms with Gasteiger partial charge in [-0.3, -0.25) is 19.4 Å². The number of amides is 2. The topological polar surface area (TPSA) is 67.3 Å². The van der Waals surface area contributed by atoms with Crippen LogP contribution < -0.4 is 0 Å². The number of halogens is 1. The molecule has 3 unspecified atom stereocenters. The van der Waals surface area contributed by atoms with Gasteiger partial charge in [0.15, 0.2) is 0 Å². The van der Waals surface area contributed by atoms with E-state index in [1.54, 1.807) is 4.90 Å². The first-order valence-electron chi connectivity index (χ1n) is 16.5. The number of aliphatic hydroxyl groups is 1. The van der Waals surface area contributed by atoms with Gasteiger partial charge in [-0.25, -0.2) is 0 Å². The maximum atomic E-state index is 13.4. The van der Waals surface area contributed by atoms with Crippen LogP contribution in [0.4, 0.5) is 0 Å². The third kappa shape index (κ3) is 6.07. The molecule has 2 aliphatic carbocycles. The van der Waals surface area contributed by atoms with Crippen molar-refractivity contribution in [3.8, 4) is 0 Å². The van der Waals surface area contributed by atoms with E-state index in [4.69, 9.17) is 11.6 Å². The van der Waals surface area contributed by atoms with Gasteiger partial charge in [0, 0.05) is 44.3 Å². The summed E-state index contributed by atoms with van der Waals surface area (Å²) in [5.41, 5.74) is 0.697. The van der Waals surface area contributed by atoms with Crippen molar-refractivity contribution >= 4 is 23.4 Å². The third-order valence-electron chi connectivity index (χ3n) is 10.7. The minimum atomic E-state index is -1.17. The van der Waals surface area contributed by atoms with Crippen LogP contribution in [0.5, 0.6) is 0 Å². The Morgan fingerprint density at radius 3 is 1.93 bits per heavy atom. The lowest BCUT2D eigenvalue weighted by molar-refractivity contribution is -0.161. The third-order valence-corrected chi connectivity index (χ3v) is 11.2. The van der Waals surface area contributed by atoms with Gasteiger partial charge in [0.2, 0.25) is 0 Å². The number of benzene rings is 1. The second-order valence-corrected chi connectivity index (χ2v) is 13.7. The molecule has 5 aliphatic rings. The smallest absolute Gasteiger partial charge is 0.254 e. The van der Waals surface area contributed by atoms with E-state index in [1.165, 1.54) is 82.6 Å². The number of piperazine rings is 1. The Morgan fingerprint density at radius 2 is 1.32 bits per heavy atom. The number of hydrogen-bond acceptors (Lipinski definition) is 5. The van der Waals surface area contributed by atoms with Crippen LogP contribution in [0.2, 0.25) is 0 Å². The number of alkyl halides is 1. The highest BCUT2D eigenvalue weighted by molar-refractivity contribution is 6.21. The first-order chi connectivity index (χ1) is 20.0. The molecule has 3 heterocycles. The number of piperidine rings is 1. The molecule has 1 aromatic rings. The Labute approximate surface area is 251 Å². The molecule has 2 saturated carbocycles. The van der Waals surface area contributed by atoms with E-state index in [9.17, 15) is 14.7 Å². The Bertz CT molecular complexity index is 1050. The van der Waals surface area contributed by atoms with Crippen LogP contribution in [-0.4, -0.2) is 92.6 Å². The monoisotopic (exact) mass is 584 g/mol. The van der Waals surface area contributed by atoms with E-state index in [0.717, 1.165) is 13.0 Å². The van der Waals surface area contributed by atoms with E-state index in [0.29, 0.717) is 56.8 Å². The minimum Gasteiger partial charge on any atom is -0.380 e. The fraction of sp³-hybridized carbons (Fsp3) is 0.758. The molecule has 6 rings (SSSR count). The molecule has 0 spiro atoms. The van der Waals surface area contributed by atoms with Crippen molar-refractivity contribution in [2.45, 2.75) is 126 Å². The molecule has 1 aromatic carbocycles.